The average molecular weight is 786 g/mol. The predicted octanol–water partition coefficient (Wildman–Crippen LogP) is 3.78. The Morgan fingerprint density at radius 2 is 0.982 bits per heavy atom. The highest BCUT2D eigenvalue weighted by Crippen LogP contribution is 2.36. The summed E-state index contributed by atoms with van der Waals surface area (Å²) in [6.45, 7) is 10.3. The molecule has 0 aromatic heterocycles. The Kier molecular flexibility index (Phi) is 21.6. The minimum Gasteiger partial charge on any atom is -0.377 e. The summed E-state index contributed by atoms with van der Waals surface area (Å²) in [7, 11) is 0. The number of carbonyl (C=O) groups is 1. The van der Waals surface area contributed by atoms with E-state index in [2.05, 4.69) is 59.9 Å². The molecule has 14 heteroatoms. The molecule has 1 aliphatic rings. The van der Waals surface area contributed by atoms with Crippen LogP contribution in [0.1, 0.15) is 5.56 Å². The van der Waals surface area contributed by atoms with Crippen molar-refractivity contribution in [2.45, 2.75) is 12.7 Å². The Morgan fingerprint density at radius 1 is 0.518 bits per heavy atom. The van der Waals surface area contributed by atoms with Crippen LogP contribution in [0.3, 0.4) is 0 Å². The van der Waals surface area contributed by atoms with Gasteiger partial charge >= 0.3 is 0 Å². The molecule has 1 amide bonds. The molecule has 1 saturated heterocycles. The summed E-state index contributed by atoms with van der Waals surface area (Å²) in [5, 5.41) is 10.5. The summed E-state index contributed by atoms with van der Waals surface area (Å²) in [4.78, 5) is 12.2. The number of ether oxygens (including phenoxy) is 12. The molecular formula is C42H59NO13. The van der Waals surface area contributed by atoms with Crippen LogP contribution >= 0.6 is 0 Å². The molecule has 0 radical (unpaired) electrons. The fourth-order valence-corrected chi connectivity index (χ4v) is 6.08. The van der Waals surface area contributed by atoms with E-state index in [9.17, 15) is 4.79 Å². The van der Waals surface area contributed by atoms with Gasteiger partial charge in [0.1, 0.15) is 6.61 Å². The fraction of sp³-hybridized carbons (Fsp3) is 0.595. The van der Waals surface area contributed by atoms with Crippen molar-refractivity contribution >= 4 is 38.2 Å². The average Bonchev–Trinajstić information content (AvgIpc) is 3.23. The van der Waals surface area contributed by atoms with Gasteiger partial charge in [0.2, 0.25) is 5.91 Å². The van der Waals surface area contributed by atoms with Crippen LogP contribution < -0.4 is 5.32 Å². The Balaban J connectivity index is 0.761. The van der Waals surface area contributed by atoms with Crippen LogP contribution in [0.4, 0.5) is 0 Å². The summed E-state index contributed by atoms with van der Waals surface area (Å²) in [6.07, 6.45) is -0.308. The standard InChI is InChI=1S/C42H59NO13/c44-40(43-30-38-32-54-26-23-50-18-15-48-20-21-52-28-29-56-38)33-55-27-24-51-19-16-47-13-11-45-10-12-46-14-17-49-22-25-53-31-37-7-6-36-5-4-34-2-1-3-35-8-9-39(37)42(36)41(34)35/h1-9,38H,10-33H2,(H,43,44). The third-order valence-corrected chi connectivity index (χ3v) is 8.87. The third kappa shape index (κ3) is 16.4. The summed E-state index contributed by atoms with van der Waals surface area (Å²) in [5.74, 6) is -0.239. The molecular weight excluding hydrogens is 726 g/mol. The van der Waals surface area contributed by atoms with Gasteiger partial charge in [-0.2, -0.15) is 0 Å². The molecule has 0 aliphatic carbocycles. The molecule has 4 aromatic carbocycles. The molecule has 1 unspecified atom stereocenters. The number of amides is 1. The van der Waals surface area contributed by atoms with Crippen molar-refractivity contribution in [3.05, 3.63) is 60.2 Å². The monoisotopic (exact) mass is 785 g/mol. The van der Waals surface area contributed by atoms with Crippen molar-refractivity contribution in [2.24, 2.45) is 0 Å². The first-order valence-corrected chi connectivity index (χ1v) is 19.7. The van der Waals surface area contributed by atoms with E-state index in [0.717, 1.165) is 0 Å². The second kappa shape index (κ2) is 27.5. The normalized spacial score (nSPS) is 16.7. The molecule has 4 aromatic rings. The largest absolute Gasteiger partial charge is 0.377 e. The molecule has 14 nitrogen and oxygen atoms in total. The molecule has 1 atom stereocenters. The molecule has 1 N–H and O–H groups in total. The van der Waals surface area contributed by atoms with Gasteiger partial charge in [0, 0.05) is 6.54 Å². The van der Waals surface area contributed by atoms with Crippen LogP contribution in [-0.4, -0.2) is 164 Å². The van der Waals surface area contributed by atoms with Crippen LogP contribution in [0.25, 0.3) is 32.3 Å². The highest BCUT2D eigenvalue weighted by Gasteiger charge is 2.13. The first kappa shape index (κ1) is 44.0. The highest BCUT2D eigenvalue weighted by molar-refractivity contribution is 6.23. The maximum atomic E-state index is 12.2. The van der Waals surface area contributed by atoms with Gasteiger partial charge in [-0.3, -0.25) is 4.79 Å². The van der Waals surface area contributed by atoms with Crippen molar-refractivity contribution in [2.75, 3.05) is 152 Å². The highest BCUT2D eigenvalue weighted by atomic mass is 16.6. The molecule has 5 rings (SSSR count). The smallest absolute Gasteiger partial charge is 0.246 e. The molecule has 310 valence electrons. The Bertz CT molecular complexity index is 1590. The van der Waals surface area contributed by atoms with Gasteiger partial charge in [-0.05, 0) is 37.9 Å². The van der Waals surface area contributed by atoms with E-state index in [-0.39, 0.29) is 18.6 Å². The lowest BCUT2D eigenvalue weighted by Gasteiger charge is -2.19. The van der Waals surface area contributed by atoms with Gasteiger partial charge in [0.25, 0.3) is 0 Å². The maximum absolute atomic E-state index is 12.2. The van der Waals surface area contributed by atoms with E-state index in [1.807, 2.05) is 0 Å². The van der Waals surface area contributed by atoms with Gasteiger partial charge in [-0.15, -0.1) is 0 Å². The maximum Gasteiger partial charge on any atom is 0.246 e. The van der Waals surface area contributed by atoms with Crippen molar-refractivity contribution in [3.63, 3.8) is 0 Å². The van der Waals surface area contributed by atoms with E-state index in [4.69, 9.17) is 56.8 Å². The van der Waals surface area contributed by atoms with Crippen molar-refractivity contribution < 1.29 is 61.6 Å². The molecule has 1 heterocycles. The second-order valence-corrected chi connectivity index (χ2v) is 13.0. The minimum absolute atomic E-state index is 0.0710. The zero-order valence-electron chi connectivity index (χ0n) is 32.6. The van der Waals surface area contributed by atoms with Gasteiger partial charge < -0.3 is 62.2 Å². The zero-order valence-corrected chi connectivity index (χ0v) is 32.6. The predicted molar refractivity (Wildman–Crippen MR) is 211 cm³/mol. The van der Waals surface area contributed by atoms with E-state index >= 15 is 0 Å². The first-order chi connectivity index (χ1) is 27.8. The second-order valence-electron chi connectivity index (χ2n) is 13.0. The number of hydrogen-bond acceptors (Lipinski definition) is 13. The minimum atomic E-state index is -0.308. The SMILES string of the molecule is O=C(COCCOCCOCCOCCOCCOCCOCc1ccc2ccc3cccc4ccc1c2c34)NCC1COCCOCCOCCOCCO1. The fourth-order valence-electron chi connectivity index (χ4n) is 6.08. The number of hydrogen-bond donors (Lipinski definition) is 1. The lowest BCUT2D eigenvalue weighted by molar-refractivity contribution is -0.127. The van der Waals surface area contributed by atoms with Gasteiger partial charge in [-0.1, -0.05) is 54.6 Å². The summed E-state index contributed by atoms with van der Waals surface area (Å²) in [5.41, 5.74) is 1.19. The van der Waals surface area contributed by atoms with Gasteiger partial charge in [0.05, 0.1) is 151 Å². The molecule has 56 heavy (non-hydrogen) atoms. The van der Waals surface area contributed by atoms with Crippen LogP contribution in [0.15, 0.2) is 54.6 Å². The van der Waals surface area contributed by atoms with E-state index in [1.54, 1.807) is 0 Å². The summed E-state index contributed by atoms with van der Waals surface area (Å²) >= 11 is 0. The third-order valence-electron chi connectivity index (χ3n) is 8.87. The van der Waals surface area contributed by atoms with Crippen LogP contribution in [0.2, 0.25) is 0 Å². The number of benzene rings is 4. The first-order valence-electron chi connectivity index (χ1n) is 19.7. The number of rotatable bonds is 24. The van der Waals surface area contributed by atoms with Crippen molar-refractivity contribution in [3.8, 4) is 0 Å². The Morgan fingerprint density at radius 3 is 1.57 bits per heavy atom. The Hall–Kier alpha value is -3.09. The van der Waals surface area contributed by atoms with Crippen LogP contribution in [0.5, 0.6) is 0 Å². The lowest BCUT2D eigenvalue weighted by atomic mass is 9.92. The van der Waals surface area contributed by atoms with Crippen LogP contribution in [0, 0.1) is 0 Å². The van der Waals surface area contributed by atoms with E-state index in [1.165, 1.54) is 37.9 Å². The van der Waals surface area contributed by atoms with Crippen molar-refractivity contribution in [1.29, 1.82) is 0 Å². The quantitative estimate of drug-likeness (QED) is 0.0816. The molecule has 1 fully saturated rings. The summed E-state index contributed by atoms with van der Waals surface area (Å²) < 4.78 is 67.0. The number of nitrogens with one attached hydrogen (secondary N) is 1. The zero-order chi connectivity index (χ0) is 38.7. The topological polar surface area (TPSA) is 140 Å². The van der Waals surface area contributed by atoms with Crippen LogP contribution in [-0.2, 0) is 68.2 Å². The van der Waals surface area contributed by atoms with E-state index in [0.29, 0.717) is 152 Å². The van der Waals surface area contributed by atoms with E-state index < -0.39 is 0 Å². The Labute approximate surface area is 329 Å². The molecule has 0 saturated carbocycles. The van der Waals surface area contributed by atoms with Gasteiger partial charge in [0.15, 0.2) is 0 Å². The van der Waals surface area contributed by atoms with Gasteiger partial charge in [-0.25, -0.2) is 0 Å². The molecule has 0 spiro atoms. The van der Waals surface area contributed by atoms with Crippen molar-refractivity contribution in [1.82, 2.24) is 5.32 Å². The molecule has 0 bridgehead atoms. The summed E-state index contributed by atoms with van der Waals surface area (Å²) in [6, 6.07) is 19.6. The number of carbonyl (C=O) groups excluding carboxylic acids is 1. The lowest BCUT2D eigenvalue weighted by Crippen LogP contribution is -2.39. The molecule has 1 aliphatic heterocycles.